The SMILES string of the molecule is O=C(Nc1ccc(F)c(Br)c1)c1nonc1NCCCN1C(=O)C=CCN1O. The Morgan fingerprint density at radius 1 is 1.39 bits per heavy atom. The Kier molecular flexibility index (Phi) is 6.34. The van der Waals surface area contributed by atoms with Crippen LogP contribution in [0.2, 0.25) is 0 Å². The van der Waals surface area contributed by atoms with E-state index in [1.165, 1.54) is 29.3 Å². The highest BCUT2D eigenvalue weighted by molar-refractivity contribution is 9.10. The monoisotopic (exact) mass is 454 g/mol. The zero-order valence-electron chi connectivity index (χ0n) is 14.4. The van der Waals surface area contributed by atoms with E-state index in [2.05, 4.69) is 41.5 Å². The lowest BCUT2D eigenvalue weighted by Crippen LogP contribution is -2.47. The van der Waals surface area contributed by atoms with Crippen LogP contribution < -0.4 is 10.6 Å². The molecule has 0 fully saturated rings. The van der Waals surface area contributed by atoms with E-state index in [0.717, 1.165) is 5.17 Å². The molecule has 0 radical (unpaired) electrons. The van der Waals surface area contributed by atoms with Gasteiger partial charge in [-0.25, -0.2) is 14.0 Å². The van der Waals surface area contributed by atoms with Crippen molar-refractivity contribution in [3.63, 3.8) is 0 Å². The second-order valence-corrected chi connectivity index (χ2v) is 6.60. The van der Waals surface area contributed by atoms with Gasteiger partial charge < -0.3 is 10.6 Å². The standard InChI is InChI=1S/C16H16BrFN6O4/c17-11-9-10(4-5-12(11)18)20-16(26)14-15(22-28-21-14)19-6-2-7-23-13(25)3-1-8-24(23)27/h1,3-5,9,27H,2,6-8H2,(H,19,22)(H,20,26). The Morgan fingerprint density at radius 2 is 2.21 bits per heavy atom. The maximum Gasteiger partial charge on any atom is 0.281 e. The van der Waals surface area contributed by atoms with Crippen molar-refractivity contribution in [1.29, 1.82) is 0 Å². The number of carbonyl (C=O) groups excluding carboxylic acids is 2. The smallest absolute Gasteiger partial charge is 0.281 e. The minimum atomic E-state index is -0.583. The summed E-state index contributed by atoms with van der Waals surface area (Å²) in [6, 6.07) is 4.03. The second kappa shape index (κ2) is 8.91. The van der Waals surface area contributed by atoms with Crippen LogP contribution in [0.15, 0.2) is 39.5 Å². The number of anilines is 2. The molecular formula is C16H16BrFN6O4. The van der Waals surface area contributed by atoms with Crippen molar-refractivity contribution < 1.29 is 23.8 Å². The lowest BCUT2D eigenvalue weighted by Gasteiger charge is -2.30. The van der Waals surface area contributed by atoms with Gasteiger partial charge in [0.05, 0.1) is 11.0 Å². The van der Waals surface area contributed by atoms with Crippen LogP contribution in [0.25, 0.3) is 0 Å². The molecule has 3 N–H and O–H groups in total. The summed E-state index contributed by atoms with van der Waals surface area (Å²) >= 11 is 3.04. The summed E-state index contributed by atoms with van der Waals surface area (Å²) in [6.07, 6.45) is 3.41. The third-order valence-electron chi connectivity index (χ3n) is 3.78. The Balaban J connectivity index is 1.53. The number of nitrogens with one attached hydrogen (secondary N) is 2. The quantitative estimate of drug-likeness (QED) is 0.542. The van der Waals surface area contributed by atoms with Crippen LogP contribution in [0.1, 0.15) is 16.9 Å². The zero-order valence-corrected chi connectivity index (χ0v) is 16.0. The highest BCUT2D eigenvalue weighted by atomic mass is 79.9. The molecule has 148 valence electrons. The van der Waals surface area contributed by atoms with Gasteiger partial charge in [-0.3, -0.25) is 14.8 Å². The lowest BCUT2D eigenvalue weighted by atomic mass is 10.3. The molecule has 12 heteroatoms. The van der Waals surface area contributed by atoms with E-state index >= 15 is 0 Å². The average molecular weight is 455 g/mol. The molecule has 2 amide bonds. The lowest BCUT2D eigenvalue weighted by molar-refractivity contribution is -0.234. The number of benzene rings is 1. The molecule has 2 aromatic rings. The summed E-state index contributed by atoms with van der Waals surface area (Å²) in [5.74, 6) is -1.22. The highest BCUT2D eigenvalue weighted by Gasteiger charge is 2.21. The number of rotatable bonds is 7. The average Bonchev–Trinajstić information content (AvgIpc) is 3.12. The van der Waals surface area contributed by atoms with E-state index in [1.54, 1.807) is 6.08 Å². The highest BCUT2D eigenvalue weighted by Crippen LogP contribution is 2.21. The van der Waals surface area contributed by atoms with Crippen LogP contribution in [-0.2, 0) is 4.79 Å². The predicted molar refractivity (Wildman–Crippen MR) is 98.8 cm³/mol. The number of halogens is 2. The number of amides is 2. The first-order valence-corrected chi connectivity index (χ1v) is 9.02. The van der Waals surface area contributed by atoms with E-state index in [-0.39, 0.29) is 35.0 Å². The molecule has 10 nitrogen and oxygen atoms in total. The van der Waals surface area contributed by atoms with Gasteiger partial charge >= 0.3 is 0 Å². The van der Waals surface area contributed by atoms with Crippen molar-refractivity contribution in [1.82, 2.24) is 20.5 Å². The van der Waals surface area contributed by atoms with Crippen molar-refractivity contribution >= 4 is 39.2 Å². The molecular weight excluding hydrogens is 439 g/mol. The fourth-order valence-electron chi connectivity index (χ4n) is 2.43. The first-order chi connectivity index (χ1) is 13.5. The van der Waals surface area contributed by atoms with Gasteiger partial charge in [0.15, 0.2) is 0 Å². The van der Waals surface area contributed by atoms with Gasteiger partial charge in [0.1, 0.15) is 5.82 Å². The minimum Gasteiger partial charge on any atom is -0.365 e. The molecule has 0 unspecified atom stereocenters. The van der Waals surface area contributed by atoms with Crippen molar-refractivity contribution in [3.8, 4) is 0 Å². The third-order valence-corrected chi connectivity index (χ3v) is 4.39. The molecule has 28 heavy (non-hydrogen) atoms. The van der Waals surface area contributed by atoms with E-state index in [0.29, 0.717) is 18.7 Å². The van der Waals surface area contributed by atoms with Crippen LogP contribution in [0.3, 0.4) is 0 Å². The van der Waals surface area contributed by atoms with Crippen LogP contribution in [-0.4, -0.2) is 57.2 Å². The summed E-state index contributed by atoms with van der Waals surface area (Å²) < 4.78 is 18.1. The van der Waals surface area contributed by atoms with Gasteiger partial charge in [-0.1, -0.05) is 11.2 Å². The number of aromatic nitrogens is 2. The largest absolute Gasteiger partial charge is 0.365 e. The van der Waals surface area contributed by atoms with Crippen molar-refractivity contribution in [2.24, 2.45) is 0 Å². The topological polar surface area (TPSA) is 124 Å². The van der Waals surface area contributed by atoms with E-state index in [1.807, 2.05) is 0 Å². The maximum absolute atomic E-state index is 13.3. The Labute approximate surface area is 167 Å². The summed E-state index contributed by atoms with van der Waals surface area (Å²) in [5, 5.41) is 24.4. The minimum absolute atomic E-state index is 0.0683. The second-order valence-electron chi connectivity index (χ2n) is 5.74. The third kappa shape index (κ3) is 4.71. The molecule has 0 saturated heterocycles. The molecule has 3 rings (SSSR count). The molecule has 0 spiro atoms. The number of hydrogen-bond acceptors (Lipinski definition) is 8. The molecule has 0 atom stereocenters. The Morgan fingerprint density at radius 3 is 2.96 bits per heavy atom. The zero-order chi connectivity index (χ0) is 20.1. The first kappa shape index (κ1) is 19.9. The van der Waals surface area contributed by atoms with Crippen LogP contribution in [0.5, 0.6) is 0 Å². The van der Waals surface area contributed by atoms with Crippen LogP contribution in [0, 0.1) is 5.82 Å². The van der Waals surface area contributed by atoms with Gasteiger partial charge in [-0.2, -0.15) is 0 Å². The summed E-state index contributed by atoms with van der Waals surface area (Å²) in [6.45, 7) is 0.844. The Bertz CT molecular complexity index is 905. The van der Waals surface area contributed by atoms with Gasteiger partial charge in [0.2, 0.25) is 11.5 Å². The van der Waals surface area contributed by atoms with Crippen molar-refractivity contribution in [2.45, 2.75) is 6.42 Å². The van der Waals surface area contributed by atoms with Gasteiger partial charge in [0, 0.05) is 24.9 Å². The van der Waals surface area contributed by atoms with Gasteiger partial charge in [-0.05, 0) is 50.9 Å². The Hall–Kier alpha value is -2.83. The number of hydroxylamine groups is 1. The van der Waals surface area contributed by atoms with E-state index in [9.17, 15) is 19.2 Å². The van der Waals surface area contributed by atoms with Gasteiger partial charge in [-0.15, -0.1) is 0 Å². The summed E-state index contributed by atoms with van der Waals surface area (Å²) in [7, 11) is 0. The predicted octanol–water partition coefficient (Wildman–Crippen LogP) is 2.03. The molecule has 0 bridgehead atoms. The molecule has 1 aliphatic heterocycles. The number of hydrogen-bond donors (Lipinski definition) is 3. The maximum atomic E-state index is 13.3. The summed E-state index contributed by atoms with van der Waals surface area (Å²) in [5.41, 5.74) is 0.299. The normalized spacial score (nSPS) is 14.4. The number of hydrazine groups is 1. The van der Waals surface area contributed by atoms with E-state index in [4.69, 9.17) is 0 Å². The molecule has 1 aromatic heterocycles. The number of carbonyl (C=O) groups is 2. The molecule has 1 aromatic carbocycles. The molecule has 0 saturated carbocycles. The molecule has 1 aliphatic rings. The van der Waals surface area contributed by atoms with Crippen LogP contribution >= 0.6 is 15.9 Å². The summed E-state index contributed by atoms with van der Waals surface area (Å²) in [4.78, 5) is 24.0. The molecule has 2 heterocycles. The molecule has 0 aliphatic carbocycles. The fraction of sp³-hybridized carbons (Fsp3) is 0.250. The number of nitrogens with zero attached hydrogens (tertiary/aromatic N) is 4. The van der Waals surface area contributed by atoms with Gasteiger partial charge in [0.25, 0.3) is 11.8 Å². The fourth-order valence-corrected chi connectivity index (χ4v) is 2.80. The van der Waals surface area contributed by atoms with E-state index < -0.39 is 11.7 Å². The van der Waals surface area contributed by atoms with Crippen molar-refractivity contribution in [3.05, 3.63) is 46.3 Å². The van der Waals surface area contributed by atoms with Crippen LogP contribution in [0.4, 0.5) is 15.9 Å². The first-order valence-electron chi connectivity index (χ1n) is 8.23. The van der Waals surface area contributed by atoms with Crippen molar-refractivity contribution in [2.75, 3.05) is 30.3 Å².